The molecule has 3 aromatic carbocycles. The predicted molar refractivity (Wildman–Crippen MR) is 120 cm³/mol. The van der Waals surface area contributed by atoms with E-state index in [0.717, 1.165) is 11.1 Å². The number of hydrazone groups is 1. The summed E-state index contributed by atoms with van der Waals surface area (Å²) in [5, 5.41) is 16.3. The van der Waals surface area contributed by atoms with Crippen LogP contribution in [0, 0.1) is 13.8 Å². The Balaban J connectivity index is 1.62. The zero-order valence-electron chi connectivity index (χ0n) is 17.3. The average molecular weight is 417 g/mol. The fourth-order valence-corrected chi connectivity index (χ4v) is 2.82. The Hall–Kier alpha value is -4.13. The number of carbonyl (C=O) groups excluding carboxylic acids is 2. The minimum absolute atomic E-state index is 0.0528. The molecule has 0 aliphatic heterocycles. The van der Waals surface area contributed by atoms with E-state index in [2.05, 4.69) is 15.8 Å². The van der Waals surface area contributed by atoms with Crippen LogP contribution in [0.1, 0.15) is 27.0 Å². The highest BCUT2D eigenvalue weighted by molar-refractivity contribution is 6.04. The Labute approximate surface area is 180 Å². The lowest BCUT2D eigenvalue weighted by molar-refractivity contribution is -0.118. The highest BCUT2D eigenvalue weighted by atomic mass is 16.5. The molecule has 0 spiro atoms. The predicted octanol–water partition coefficient (Wildman–Crippen LogP) is 3.79. The van der Waals surface area contributed by atoms with Gasteiger partial charge in [-0.05, 0) is 55.3 Å². The van der Waals surface area contributed by atoms with E-state index in [1.165, 1.54) is 12.3 Å². The molecule has 0 fully saturated rings. The van der Waals surface area contributed by atoms with Crippen LogP contribution in [0.4, 0.5) is 5.69 Å². The molecular weight excluding hydrogens is 394 g/mol. The number of aryl methyl sites for hydroxylation is 1. The summed E-state index contributed by atoms with van der Waals surface area (Å²) >= 11 is 0. The van der Waals surface area contributed by atoms with Crippen molar-refractivity contribution in [1.82, 2.24) is 5.43 Å². The fourth-order valence-electron chi connectivity index (χ4n) is 2.82. The van der Waals surface area contributed by atoms with Crippen molar-refractivity contribution in [3.63, 3.8) is 0 Å². The summed E-state index contributed by atoms with van der Waals surface area (Å²) in [6.45, 7) is 3.71. The van der Waals surface area contributed by atoms with Crippen molar-refractivity contribution < 1.29 is 19.4 Å². The molecule has 3 N–H and O–H groups in total. The number of aromatic hydroxyl groups is 1. The molecule has 0 aromatic heterocycles. The van der Waals surface area contributed by atoms with Crippen LogP contribution in [0.5, 0.6) is 11.5 Å². The molecule has 0 aliphatic rings. The Morgan fingerprint density at radius 2 is 1.74 bits per heavy atom. The van der Waals surface area contributed by atoms with Gasteiger partial charge < -0.3 is 15.2 Å². The zero-order chi connectivity index (χ0) is 22.2. The summed E-state index contributed by atoms with van der Waals surface area (Å²) in [7, 11) is 0. The van der Waals surface area contributed by atoms with Gasteiger partial charge in [0.05, 0.1) is 17.5 Å². The van der Waals surface area contributed by atoms with Crippen LogP contribution in [0.25, 0.3) is 0 Å². The van der Waals surface area contributed by atoms with Gasteiger partial charge in [-0.25, -0.2) is 5.43 Å². The zero-order valence-corrected chi connectivity index (χ0v) is 17.3. The van der Waals surface area contributed by atoms with E-state index in [4.69, 9.17) is 4.74 Å². The van der Waals surface area contributed by atoms with E-state index >= 15 is 0 Å². The number of hydrogen-bond acceptors (Lipinski definition) is 5. The maximum atomic E-state index is 12.5. The first kappa shape index (κ1) is 21.6. The highest BCUT2D eigenvalue weighted by Crippen LogP contribution is 2.21. The summed E-state index contributed by atoms with van der Waals surface area (Å²) < 4.78 is 5.62. The van der Waals surface area contributed by atoms with Crippen molar-refractivity contribution in [3.05, 3.63) is 89.0 Å². The number of nitrogens with zero attached hydrogens (tertiary/aromatic N) is 1. The number of carbonyl (C=O) groups is 2. The van der Waals surface area contributed by atoms with Gasteiger partial charge in [0.1, 0.15) is 11.5 Å². The molecule has 0 saturated carbocycles. The summed E-state index contributed by atoms with van der Waals surface area (Å²) in [6.07, 6.45) is 1.34. The smallest absolute Gasteiger partial charge is 0.273 e. The van der Waals surface area contributed by atoms with E-state index in [9.17, 15) is 14.7 Å². The number of hydrogen-bond donors (Lipinski definition) is 3. The molecule has 0 radical (unpaired) electrons. The van der Waals surface area contributed by atoms with E-state index in [1.807, 2.05) is 26.0 Å². The molecule has 0 bridgehead atoms. The molecule has 0 heterocycles. The Morgan fingerprint density at radius 1 is 1.00 bits per heavy atom. The largest absolute Gasteiger partial charge is 0.507 e. The van der Waals surface area contributed by atoms with Gasteiger partial charge in [0, 0.05) is 5.56 Å². The number of anilines is 1. The number of benzene rings is 3. The number of amides is 2. The van der Waals surface area contributed by atoms with Gasteiger partial charge in [-0.3, -0.25) is 9.59 Å². The van der Waals surface area contributed by atoms with E-state index in [0.29, 0.717) is 17.0 Å². The standard InChI is InChI=1S/C24H23N3O4/c1-16-8-7-13-22(17(16)2)31-15-23(29)26-20-11-5-4-10-19(20)24(30)27-25-14-18-9-3-6-12-21(18)28/h3-14,28H,15H2,1-2H3,(H,26,29)(H,27,30)/b25-14-. The second-order valence-corrected chi connectivity index (χ2v) is 6.84. The lowest BCUT2D eigenvalue weighted by Crippen LogP contribution is -2.24. The third kappa shape index (κ3) is 5.70. The topological polar surface area (TPSA) is 100 Å². The molecule has 7 nitrogen and oxygen atoms in total. The first-order valence-electron chi connectivity index (χ1n) is 9.65. The molecule has 2 amide bonds. The molecule has 31 heavy (non-hydrogen) atoms. The summed E-state index contributed by atoms with van der Waals surface area (Å²) in [5.74, 6) is -0.200. The number of ether oxygens (including phenoxy) is 1. The van der Waals surface area contributed by atoms with Crippen molar-refractivity contribution in [2.75, 3.05) is 11.9 Å². The maximum Gasteiger partial charge on any atom is 0.273 e. The maximum absolute atomic E-state index is 12.5. The van der Waals surface area contributed by atoms with Crippen molar-refractivity contribution in [2.45, 2.75) is 13.8 Å². The lowest BCUT2D eigenvalue weighted by Gasteiger charge is -2.12. The van der Waals surface area contributed by atoms with Crippen LogP contribution >= 0.6 is 0 Å². The van der Waals surface area contributed by atoms with Crippen LogP contribution in [-0.2, 0) is 4.79 Å². The first-order valence-corrected chi connectivity index (χ1v) is 9.65. The van der Waals surface area contributed by atoms with Crippen LogP contribution in [0.15, 0.2) is 71.8 Å². The molecule has 7 heteroatoms. The SMILES string of the molecule is Cc1cccc(OCC(=O)Nc2ccccc2C(=O)N/N=C\c2ccccc2O)c1C. The molecule has 0 unspecified atom stereocenters. The minimum atomic E-state index is -0.502. The third-order valence-electron chi connectivity index (χ3n) is 4.67. The lowest BCUT2D eigenvalue weighted by atomic mass is 10.1. The van der Waals surface area contributed by atoms with Gasteiger partial charge in [-0.15, -0.1) is 0 Å². The number of nitrogens with one attached hydrogen (secondary N) is 2. The highest BCUT2D eigenvalue weighted by Gasteiger charge is 2.13. The van der Waals surface area contributed by atoms with E-state index in [1.54, 1.807) is 48.5 Å². The van der Waals surface area contributed by atoms with Crippen molar-refractivity contribution >= 4 is 23.7 Å². The second-order valence-electron chi connectivity index (χ2n) is 6.84. The van der Waals surface area contributed by atoms with Crippen LogP contribution < -0.4 is 15.5 Å². The Morgan fingerprint density at radius 3 is 2.55 bits per heavy atom. The van der Waals surface area contributed by atoms with Crippen LogP contribution in [-0.4, -0.2) is 29.7 Å². The van der Waals surface area contributed by atoms with Crippen molar-refractivity contribution in [3.8, 4) is 11.5 Å². The van der Waals surface area contributed by atoms with Gasteiger partial charge in [0.2, 0.25) is 0 Å². The molecule has 3 rings (SSSR count). The van der Waals surface area contributed by atoms with Gasteiger partial charge >= 0.3 is 0 Å². The quantitative estimate of drug-likeness (QED) is 0.402. The minimum Gasteiger partial charge on any atom is -0.507 e. The monoisotopic (exact) mass is 417 g/mol. The summed E-state index contributed by atoms with van der Waals surface area (Å²) in [5.41, 5.74) is 5.49. The molecule has 0 saturated heterocycles. The molecule has 0 aliphatic carbocycles. The van der Waals surface area contributed by atoms with Crippen LogP contribution in [0.2, 0.25) is 0 Å². The molecular formula is C24H23N3O4. The second kappa shape index (κ2) is 10.1. The van der Waals surface area contributed by atoms with E-state index in [-0.39, 0.29) is 23.8 Å². The van der Waals surface area contributed by atoms with Gasteiger partial charge in [0.15, 0.2) is 6.61 Å². The number of phenols is 1. The number of rotatable bonds is 7. The third-order valence-corrected chi connectivity index (χ3v) is 4.67. The first-order chi connectivity index (χ1) is 15.0. The average Bonchev–Trinajstić information content (AvgIpc) is 2.76. The summed E-state index contributed by atoms with van der Waals surface area (Å²) in [6, 6.07) is 18.9. The van der Waals surface area contributed by atoms with Crippen LogP contribution in [0.3, 0.4) is 0 Å². The Bertz CT molecular complexity index is 1130. The number of para-hydroxylation sites is 2. The van der Waals surface area contributed by atoms with Gasteiger partial charge in [-0.1, -0.05) is 36.4 Å². The normalized spacial score (nSPS) is 10.6. The van der Waals surface area contributed by atoms with Crippen molar-refractivity contribution in [1.29, 1.82) is 0 Å². The van der Waals surface area contributed by atoms with Gasteiger partial charge in [0.25, 0.3) is 11.8 Å². The molecule has 0 atom stereocenters. The fraction of sp³-hybridized carbons (Fsp3) is 0.125. The molecule has 158 valence electrons. The Kier molecular flexibility index (Phi) is 7.01. The van der Waals surface area contributed by atoms with Crippen molar-refractivity contribution in [2.24, 2.45) is 5.10 Å². The number of phenolic OH excluding ortho intramolecular Hbond substituents is 1. The molecule has 3 aromatic rings. The van der Waals surface area contributed by atoms with Gasteiger partial charge in [-0.2, -0.15) is 5.10 Å². The van der Waals surface area contributed by atoms with E-state index < -0.39 is 5.91 Å². The summed E-state index contributed by atoms with van der Waals surface area (Å²) in [4.78, 5) is 24.9.